The molecule has 1 amide bonds. The minimum atomic E-state index is 0.260. The number of nitrogens with one attached hydrogen (secondary N) is 1. The molecule has 0 radical (unpaired) electrons. The first-order chi connectivity index (χ1) is 9.24. The van der Waals surface area contributed by atoms with Crippen LogP contribution < -0.4 is 11.1 Å². The molecule has 2 aliphatic carbocycles. The minimum Gasteiger partial charge on any atom is -0.353 e. The van der Waals surface area contributed by atoms with Crippen molar-refractivity contribution in [2.45, 2.75) is 89.1 Å². The second-order valence-electron chi connectivity index (χ2n) is 6.58. The Labute approximate surface area is 117 Å². The molecule has 2 rings (SSSR count). The van der Waals surface area contributed by atoms with Crippen molar-refractivity contribution in [3.63, 3.8) is 0 Å². The van der Waals surface area contributed by atoms with Crippen LogP contribution in [0.1, 0.15) is 77.0 Å². The smallest absolute Gasteiger partial charge is 0.220 e. The molecule has 0 unspecified atom stereocenters. The van der Waals surface area contributed by atoms with E-state index >= 15 is 0 Å². The second-order valence-corrected chi connectivity index (χ2v) is 6.58. The second kappa shape index (κ2) is 7.88. The Morgan fingerprint density at radius 3 is 2.37 bits per heavy atom. The third-order valence-corrected chi connectivity index (χ3v) is 4.88. The van der Waals surface area contributed by atoms with Crippen LogP contribution in [0.4, 0.5) is 0 Å². The maximum atomic E-state index is 11.9. The zero-order chi connectivity index (χ0) is 13.5. The number of carbonyl (C=O) groups is 1. The van der Waals surface area contributed by atoms with Gasteiger partial charge in [-0.1, -0.05) is 32.1 Å². The van der Waals surface area contributed by atoms with Gasteiger partial charge in [-0.3, -0.25) is 4.79 Å². The number of rotatable bonds is 5. The summed E-state index contributed by atoms with van der Waals surface area (Å²) in [4.78, 5) is 11.9. The fraction of sp³-hybridized carbons (Fsp3) is 0.938. The van der Waals surface area contributed by atoms with Crippen molar-refractivity contribution < 1.29 is 4.79 Å². The zero-order valence-electron chi connectivity index (χ0n) is 12.2. The Morgan fingerprint density at radius 1 is 1.00 bits per heavy atom. The third-order valence-electron chi connectivity index (χ3n) is 4.88. The van der Waals surface area contributed by atoms with E-state index in [0.717, 1.165) is 44.4 Å². The molecule has 110 valence electrons. The predicted molar refractivity (Wildman–Crippen MR) is 78.8 cm³/mol. The Kier molecular flexibility index (Phi) is 6.15. The van der Waals surface area contributed by atoms with E-state index in [-0.39, 0.29) is 5.91 Å². The van der Waals surface area contributed by atoms with Crippen molar-refractivity contribution in [1.29, 1.82) is 0 Å². The van der Waals surface area contributed by atoms with E-state index in [4.69, 9.17) is 5.73 Å². The van der Waals surface area contributed by atoms with E-state index in [2.05, 4.69) is 5.32 Å². The molecule has 2 saturated carbocycles. The van der Waals surface area contributed by atoms with E-state index < -0.39 is 0 Å². The summed E-state index contributed by atoms with van der Waals surface area (Å²) in [6, 6.07) is 0.751. The van der Waals surface area contributed by atoms with Crippen LogP contribution in [0.5, 0.6) is 0 Å². The van der Waals surface area contributed by atoms with E-state index in [1.807, 2.05) is 0 Å². The summed E-state index contributed by atoms with van der Waals surface area (Å²) < 4.78 is 0. The molecule has 2 aliphatic rings. The number of hydrogen-bond donors (Lipinski definition) is 2. The van der Waals surface area contributed by atoms with E-state index in [1.54, 1.807) is 0 Å². The Bertz CT molecular complexity index is 266. The van der Waals surface area contributed by atoms with Gasteiger partial charge < -0.3 is 11.1 Å². The van der Waals surface area contributed by atoms with Crippen molar-refractivity contribution in [2.24, 2.45) is 11.7 Å². The number of hydrogen-bond acceptors (Lipinski definition) is 2. The largest absolute Gasteiger partial charge is 0.353 e. The van der Waals surface area contributed by atoms with Crippen LogP contribution in [-0.4, -0.2) is 18.0 Å². The zero-order valence-corrected chi connectivity index (χ0v) is 12.2. The molecule has 0 bridgehead atoms. The Balaban J connectivity index is 1.54. The molecule has 2 fully saturated rings. The fourth-order valence-corrected chi connectivity index (χ4v) is 3.59. The summed E-state index contributed by atoms with van der Waals surface area (Å²) in [6.07, 6.45) is 14.3. The molecule has 0 aliphatic heterocycles. The van der Waals surface area contributed by atoms with Gasteiger partial charge in [0.25, 0.3) is 0 Å². The molecule has 0 aromatic rings. The summed E-state index contributed by atoms with van der Waals surface area (Å²) in [6.45, 7) is 0. The molecular weight excluding hydrogens is 236 g/mol. The highest BCUT2D eigenvalue weighted by Gasteiger charge is 2.20. The monoisotopic (exact) mass is 266 g/mol. The standard InChI is InChI=1S/C16H30N2O/c17-14-9-11-15(12-10-14)18-16(19)8-4-7-13-5-2-1-3-6-13/h13-15H,1-12,17H2,(H,18,19). The van der Waals surface area contributed by atoms with Gasteiger partial charge >= 0.3 is 0 Å². The van der Waals surface area contributed by atoms with Crippen LogP contribution >= 0.6 is 0 Å². The van der Waals surface area contributed by atoms with Gasteiger partial charge in [-0.25, -0.2) is 0 Å². The van der Waals surface area contributed by atoms with Gasteiger partial charge in [-0.05, 0) is 44.4 Å². The van der Waals surface area contributed by atoms with Crippen LogP contribution in [0.15, 0.2) is 0 Å². The lowest BCUT2D eigenvalue weighted by molar-refractivity contribution is -0.122. The lowest BCUT2D eigenvalue weighted by atomic mass is 9.86. The summed E-state index contributed by atoms with van der Waals surface area (Å²) in [5, 5.41) is 3.18. The number of amides is 1. The van der Waals surface area contributed by atoms with Crippen molar-refractivity contribution >= 4 is 5.91 Å². The van der Waals surface area contributed by atoms with Gasteiger partial charge in [0.05, 0.1) is 0 Å². The maximum absolute atomic E-state index is 11.9. The Hall–Kier alpha value is -0.570. The molecular formula is C16H30N2O. The summed E-state index contributed by atoms with van der Waals surface area (Å²) in [7, 11) is 0. The lowest BCUT2D eigenvalue weighted by Crippen LogP contribution is -2.40. The summed E-state index contributed by atoms with van der Waals surface area (Å²) in [5.41, 5.74) is 5.88. The van der Waals surface area contributed by atoms with Gasteiger partial charge in [0.1, 0.15) is 0 Å². The third kappa shape index (κ3) is 5.52. The highest BCUT2D eigenvalue weighted by atomic mass is 16.1. The van der Waals surface area contributed by atoms with E-state index in [0.29, 0.717) is 12.1 Å². The molecule has 3 heteroatoms. The van der Waals surface area contributed by atoms with E-state index in [9.17, 15) is 4.79 Å². The van der Waals surface area contributed by atoms with Gasteiger partial charge in [0.15, 0.2) is 0 Å². The molecule has 19 heavy (non-hydrogen) atoms. The average Bonchev–Trinajstić information content (AvgIpc) is 2.43. The highest BCUT2D eigenvalue weighted by molar-refractivity contribution is 5.76. The first-order valence-corrected chi connectivity index (χ1v) is 8.29. The number of carbonyl (C=O) groups excluding carboxylic acids is 1. The first kappa shape index (κ1) is 14.8. The molecule has 0 saturated heterocycles. The van der Waals surface area contributed by atoms with Crippen molar-refractivity contribution in [3.8, 4) is 0 Å². The molecule has 0 atom stereocenters. The SMILES string of the molecule is NC1CCC(NC(=O)CCCC2CCCCC2)CC1. The van der Waals surface area contributed by atoms with Crippen LogP contribution in [0.2, 0.25) is 0 Å². The van der Waals surface area contributed by atoms with Crippen LogP contribution in [0.25, 0.3) is 0 Å². The predicted octanol–water partition coefficient (Wildman–Crippen LogP) is 3.12. The van der Waals surface area contributed by atoms with Crippen LogP contribution in [0.3, 0.4) is 0 Å². The molecule has 0 aromatic carbocycles. The van der Waals surface area contributed by atoms with Gasteiger partial charge in [-0.15, -0.1) is 0 Å². The Morgan fingerprint density at radius 2 is 1.68 bits per heavy atom. The van der Waals surface area contributed by atoms with Crippen LogP contribution in [-0.2, 0) is 4.79 Å². The molecule has 3 N–H and O–H groups in total. The van der Waals surface area contributed by atoms with Crippen molar-refractivity contribution in [3.05, 3.63) is 0 Å². The first-order valence-electron chi connectivity index (χ1n) is 8.29. The molecule has 3 nitrogen and oxygen atoms in total. The lowest BCUT2D eigenvalue weighted by Gasteiger charge is -2.27. The summed E-state index contributed by atoms with van der Waals surface area (Å²) >= 11 is 0. The maximum Gasteiger partial charge on any atom is 0.220 e. The van der Waals surface area contributed by atoms with E-state index in [1.165, 1.54) is 38.5 Å². The van der Waals surface area contributed by atoms with Gasteiger partial charge in [-0.2, -0.15) is 0 Å². The number of nitrogens with two attached hydrogens (primary N) is 1. The fourth-order valence-electron chi connectivity index (χ4n) is 3.59. The molecule has 0 heterocycles. The normalized spacial score (nSPS) is 29.1. The molecule has 0 spiro atoms. The summed E-state index contributed by atoms with van der Waals surface area (Å²) in [5.74, 6) is 1.16. The van der Waals surface area contributed by atoms with Crippen molar-refractivity contribution in [1.82, 2.24) is 5.32 Å². The average molecular weight is 266 g/mol. The quantitative estimate of drug-likeness (QED) is 0.803. The van der Waals surface area contributed by atoms with Crippen molar-refractivity contribution in [2.75, 3.05) is 0 Å². The molecule has 0 aromatic heterocycles. The minimum absolute atomic E-state index is 0.260. The van der Waals surface area contributed by atoms with Gasteiger partial charge in [0.2, 0.25) is 5.91 Å². The van der Waals surface area contributed by atoms with Gasteiger partial charge in [0, 0.05) is 18.5 Å². The highest BCUT2D eigenvalue weighted by Crippen LogP contribution is 2.27. The van der Waals surface area contributed by atoms with Crippen LogP contribution in [0, 0.1) is 5.92 Å². The topological polar surface area (TPSA) is 55.1 Å².